The largest absolute Gasteiger partial charge is 0.460 e. The van der Waals surface area contributed by atoms with Crippen LogP contribution in [0.3, 0.4) is 0 Å². The molecule has 298 valence electrons. The van der Waals surface area contributed by atoms with Gasteiger partial charge in [-0.15, -0.1) is 0 Å². The first kappa shape index (κ1) is 40.0. The number of esters is 1. The quantitative estimate of drug-likeness (QED) is 0.218. The molecule has 1 aromatic heterocycles. The second-order valence-electron chi connectivity index (χ2n) is 16.9. The van der Waals surface area contributed by atoms with Crippen molar-refractivity contribution in [1.29, 1.82) is 0 Å². The lowest BCUT2D eigenvalue weighted by Gasteiger charge is -2.38. The van der Waals surface area contributed by atoms with E-state index in [1.54, 1.807) is 64.2 Å². The Morgan fingerprint density at radius 2 is 1.63 bits per heavy atom. The van der Waals surface area contributed by atoms with Crippen LogP contribution in [0.2, 0.25) is 0 Å². The van der Waals surface area contributed by atoms with Gasteiger partial charge in [0.2, 0.25) is 17.6 Å². The number of alkyl carbamates (subject to hydrolysis) is 1. The molecule has 4 aliphatic rings. The zero-order chi connectivity index (χ0) is 38.6. The molecule has 0 unspecified atom stereocenters. The molecule has 54 heavy (non-hydrogen) atoms. The maximum Gasteiger partial charge on any atom is 0.407 e. The third-order valence-electron chi connectivity index (χ3n) is 12.2. The molecule has 2 N–H and O–H groups in total. The average Bonchev–Trinajstić information content (AvgIpc) is 3.77. The van der Waals surface area contributed by atoms with Crippen LogP contribution in [0, 0.1) is 29.6 Å². The highest BCUT2D eigenvalue weighted by Gasteiger charge is 2.47. The van der Waals surface area contributed by atoms with Crippen LogP contribution in [-0.2, 0) is 28.5 Å². The van der Waals surface area contributed by atoms with Crippen LogP contribution in [0.15, 0.2) is 28.7 Å². The highest BCUT2D eigenvalue weighted by atomic mass is 19.1. The van der Waals surface area contributed by atoms with Crippen molar-refractivity contribution in [2.75, 3.05) is 39.4 Å². The second kappa shape index (κ2) is 17.4. The minimum atomic E-state index is -0.712. The summed E-state index contributed by atoms with van der Waals surface area (Å²) in [4.78, 5) is 55.5. The first-order valence-electron chi connectivity index (χ1n) is 19.8. The van der Waals surface area contributed by atoms with Crippen LogP contribution in [0.5, 0.6) is 0 Å². The molecule has 0 radical (unpaired) electrons. The number of fused-ring (bicyclic) bond motifs is 1. The average molecular weight is 756 g/mol. The lowest BCUT2D eigenvalue weighted by molar-refractivity contribution is -0.142. The number of furan rings is 1. The second-order valence-corrected chi connectivity index (χ2v) is 16.9. The molecule has 3 atom stereocenters. The predicted octanol–water partition coefficient (Wildman–Crippen LogP) is 7.04. The van der Waals surface area contributed by atoms with Gasteiger partial charge < -0.3 is 38.9 Å². The molecule has 1 aromatic carbocycles. The number of ether oxygens (including phenoxy) is 4. The van der Waals surface area contributed by atoms with Crippen molar-refractivity contribution < 1.29 is 46.9 Å². The monoisotopic (exact) mass is 755 g/mol. The van der Waals surface area contributed by atoms with Crippen LogP contribution in [0.1, 0.15) is 102 Å². The fraction of sp³-hybridized carbons (Fsp3) is 0.707. The summed E-state index contributed by atoms with van der Waals surface area (Å²) >= 11 is 0. The van der Waals surface area contributed by atoms with Crippen LogP contribution >= 0.6 is 0 Å². The zero-order valence-corrected chi connectivity index (χ0v) is 32.4. The number of rotatable bonds is 12. The van der Waals surface area contributed by atoms with Crippen molar-refractivity contribution in [2.45, 2.75) is 121 Å². The van der Waals surface area contributed by atoms with Gasteiger partial charge in [-0.3, -0.25) is 9.59 Å². The number of alkyl halides is 1. The molecule has 0 spiro atoms. The summed E-state index contributed by atoms with van der Waals surface area (Å²) in [6, 6.07) is 5.54. The van der Waals surface area contributed by atoms with Gasteiger partial charge in [0.05, 0.1) is 24.9 Å². The van der Waals surface area contributed by atoms with E-state index in [0.717, 1.165) is 44.9 Å². The van der Waals surface area contributed by atoms with E-state index in [1.165, 1.54) is 0 Å². The molecule has 1 saturated heterocycles. The summed E-state index contributed by atoms with van der Waals surface area (Å²) in [7, 11) is 3.42. The SMILES string of the molecule is COC1CC(COC(=O)c2cc3cc(NC(=O)[C@@H]4[C@H]([C@H]5CC[C@H](OC)CC5)CCN4C(=O)[C@H]4CC[C@H]([C@@H](CF)NC(=O)OC(C)(C)C)CC4)ccc3o2)C1. The summed E-state index contributed by atoms with van der Waals surface area (Å²) in [5, 5.41) is 6.45. The standard InChI is InChI=1S/C41H58FN3O9/c1-41(2,3)54-40(49)44-33(22-42)26-6-8-27(9-7-26)38(47)45-17-16-32(25-10-13-30(50-4)14-11-25)36(45)37(46)43-29-12-15-34-28(20-29)21-35(53-34)39(48)52-23-24-18-31(19-24)51-5/h12,15,20-21,24-27,30-33,36H,6-11,13-14,16-19,22-23H2,1-5H3,(H,43,46)(H,44,49)/t24?,25-,26-,27-,30-,31?,32-,33+,36-/m0/s1. The Hall–Kier alpha value is -3.71. The molecule has 3 amide bonds. The summed E-state index contributed by atoms with van der Waals surface area (Å²) in [5.74, 6) is -0.520. The Labute approximate surface area is 317 Å². The predicted molar refractivity (Wildman–Crippen MR) is 200 cm³/mol. The molecule has 13 heteroatoms. The summed E-state index contributed by atoms with van der Waals surface area (Å²) in [6.07, 6.45) is 8.27. The van der Waals surface area contributed by atoms with E-state index in [9.17, 15) is 23.6 Å². The molecular weight excluding hydrogens is 697 g/mol. The summed E-state index contributed by atoms with van der Waals surface area (Å²) in [5.41, 5.74) is 0.356. The highest BCUT2D eigenvalue weighted by molar-refractivity contribution is 6.00. The molecule has 4 fully saturated rings. The van der Waals surface area contributed by atoms with Crippen molar-refractivity contribution in [3.63, 3.8) is 0 Å². The smallest absolute Gasteiger partial charge is 0.407 e. The third-order valence-corrected chi connectivity index (χ3v) is 12.2. The van der Waals surface area contributed by atoms with Crippen LogP contribution in [0.4, 0.5) is 14.9 Å². The van der Waals surface area contributed by atoms with Crippen LogP contribution in [-0.4, -0.2) is 92.7 Å². The van der Waals surface area contributed by atoms with Gasteiger partial charge >= 0.3 is 12.1 Å². The maximum absolute atomic E-state index is 14.3. The van der Waals surface area contributed by atoms with E-state index in [1.807, 2.05) is 0 Å². The fourth-order valence-corrected chi connectivity index (χ4v) is 9.10. The third kappa shape index (κ3) is 9.56. The van der Waals surface area contributed by atoms with E-state index >= 15 is 0 Å². The Morgan fingerprint density at radius 1 is 0.926 bits per heavy atom. The van der Waals surface area contributed by atoms with Crippen molar-refractivity contribution >= 4 is 40.5 Å². The molecule has 1 aliphatic heterocycles. The minimum Gasteiger partial charge on any atom is -0.460 e. The molecular formula is C41H58FN3O9. The summed E-state index contributed by atoms with van der Waals surface area (Å²) < 4.78 is 41.7. The topological polar surface area (TPSA) is 146 Å². The number of hydrogen-bond acceptors (Lipinski definition) is 9. The Balaban J connectivity index is 1.11. The number of methoxy groups -OCH3 is 2. The molecule has 0 bridgehead atoms. The number of likely N-dealkylation sites (tertiary alicyclic amines) is 1. The zero-order valence-electron chi connectivity index (χ0n) is 32.4. The maximum atomic E-state index is 14.3. The normalized spacial score (nSPS) is 29.3. The number of benzene rings is 1. The van der Waals surface area contributed by atoms with Gasteiger partial charge in [-0.25, -0.2) is 14.0 Å². The number of amides is 3. The van der Waals surface area contributed by atoms with E-state index in [2.05, 4.69) is 10.6 Å². The number of nitrogens with one attached hydrogen (secondary N) is 2. The van der Waals surface area contributed by atoms with E-state index < -0.39 is 36.4 Å². The number of carbonyl (C=O) groups excluding carboxylic acids is 4. The number of halogens is 1. The van der Waals surface area contributed by atoms with E-state index in [4.69, 9.17) is 23.4 Å². The van der Waals surface area contributed by atoms with Crippen LogP contribution in [0.25, 0.3) is 11.0 Å². The van der Waals surface area contributed by atoms with E-state index in [0.29, 0.717) is 55.5 Å². The van der Waals surface area contributed by atoms with Crippen molar-refractivity contribution in [3.05, 3.63) is 30.0 Å². The molecule has 2 aromatic rings. The summed E-state index contributed by atoms with van der Waals surface area (Å²) in [6.45, 7) is 5.38. The molecule has 12 nitrogen and oxygen atoms in total. The van der Waals surface area contributed by atoms with Gasteiger partial charge in [-0.1, -0.05) is 0 Å². The van der Waals surface area contributed by atoms with Gasteiger partial charge in [-0.2, -0.15) is 0 Å². The van der Waals surface area contributed by atoms with Gasteiger partial charge in [0.15, 0.2) is 0 Å². The number of anilines is 1. The van der Waals surface area contributed by atoms with Gasteiger partial charge in [0.25, 0.3) is 0 Å². The van der Waals surface area contributed by atoms with Crippen molar-refractivity contribution in [1.82, 2.24) is 10.2 Å². The Kier molecular flexibility index (Phi) is 12.9. The van der Waals surface area contributed by atoms with Crippen molar-refractivity contribution in [3.8, 4) is 0 Å². The first-order chi connectivity index (χ1) is 25.8. The molecule has 3 saturated carbocycles. The lowest BCUT2D eigenvalue weighted by atomic mass is 9.75. The lowest BCUT2D eigenvalue weighted by Crippen LogP contribution is -2.50. The molecule has 6 rings (SSSR count). The number of hydrogen-bond donors (Lipinski definition) is 2. The van der Waals surface area contributed by atoms with Gasteiger partial charge in [0.1, 0.15) is 23.9 Å². The van der Waals surface area contributed by atoms with Gasteiger partial charge in [-0.05, 0) is 139 Å². The van der Waals surface area contributed by atoms with Gasteiger partial charge in [0, 0.05) is 37.8 Å². The Bertz CT molecular complexity index is 1620. The van der Waals surface area contributed by atoms with Crippen LogP contribution < -0.4 is 10.6 Å². The molecule has 3 aliphatic carbocycles. The van der Waals surface area contributed by atoms with Crippen molar-refractivity contribution in [2.24, 2.45) is 29.6 Å². The highest BCUT2D eigenvalue weighted by Crippen LogP contribution is 2.42. The number of carbonyl (C=O) groups is 4. The fourth-order valence-electron chi connectivity index (χ4n) is 9.10. The van der Waals surface area contributed by atoms with E-state index in [-0.39, 0.29) is 59.4 Å². The molecule has 2 heterocycles. The minimum absolute atomic E-state index is 0.00547. The first-order valence-corrected chi connectivity index (χ1v) is 19.8. The Morgan fingerprint density at radius 3 is 2.28 bits per heavy atom. The number of nitrogens with zero attached hydrogens (tertiary/aromatic N) is 1.